The molecule has 108 heavy (non-hydrogen) atoms. The van der Waals surface area contributed by atoms with E-state index in [1.54, 1.807) is 0 Å². The summed E-state index contributed by atoms with van der Waals surface area (Å²) in [6.07, 6.45) is 7.39. The number of benzene rings is 15. The monoisotopic (exact) mass is 1370 g/mol. The van der Waals surface area contributed by atoms with Crippen molar-refractivity contribution in [3.63, 3.8) is 0 Å². The van der Waals surface area contributed by atoms with Gasteiger partial charge in [0.1, 0.15) is 0 Å². The third-order valence-corrected chi connectivity index (χ3v) is 22.0. The molecule has 8 heteroatoms. The van der Waals surface area contributed by atoms with Crippen LogP contribution < -0.4 is 0 Å². The quantitative estimate of drug-likeness (QED) is 0.120. The van der Waals surface area contributed by atoms with Gasteiger partial charge in [0.2, 0.25) is 0 Å². The van der Waals surface area contributed by atoms with Crippen LogP contribution in [0.4, 0.5) is 0 Å². The van der Waals surface area contributed by atoms with Gasteiger partial charge in [-0.05, 0) is 160 Å². The van der Waals surface area contributed by atoms with Gasteiger partial charge < -0.3 is 0 Å². The van der Waals surface area contributed by atoms with Crippen LogP contribution in [0.5, 0.6) is 0 Å². The molecule has 0 aliphatic carbocycles. The predicted octanol–water partition coefficient (Wildman–Crippen LogP) is 25.8. The molecule has 0 bridgehead atoms. The molecule has 0 spiro atoms. The molecule has 0 saturated heterocycles. The highest BCUT2D eigenvalue weighted by molar-refractivity contribution is 6.29. The lowest BCUT2D eigenvalue weighted by Gasteiger charge is -2.19. The van der Waals surface area contributed by atoms with Gasteiger partial charge in [0.25, 0.3) is 0 Å². The van der Waals surface area contributed by atoms with Gasteiger partial charge in [-0.25, -0.2) is 19.9 Å². The average Bonchev–Trinajstić information content (AvgIpc) is 0.727. The second-order valence-corrected chi connectivity index (χ2v) is 27.9. The fraction of sp³-hybridized carbons (Fsp3) is 0. The zero-order chi connectivity index (χ0) is 70.9. The van der Waals surface area contributed by atoms with E-state index in [-0.39, 0.29) is 0 Å². The van der Waals surface area contributed by atoms with Crippen molar-refractivity contribution in [1.29, 1.82) is 0 Å². The first-order chi connectivity index (χ1) is 53.6. The summed E-state index contributed by atoms with van der Waals surface area (Å²) >= 11 is 0. The van der Waals surface area contributed by atoms with Crippen LogP contribution in [0.3, 0.4) is 0 Å². The van der Waals surface area contributed by atoms with Crippen molar-refractivity contribution in [2.75, 3.05) is 0 Å². The summed E-state index contributed by atoms with van der Waals surface area (Å²) in [5, 5.41) is 22.9. The topological polar surface area (TPSA) is 103 Å². The van der Waals surface area contributed by atoms with E-state index in [2.05, 4.69) is 308 Å². The summed E-state index contributed by atoms with van der Waals surface area (Å²) < 4.78 is 0. The van der Waals surface area contributed by atoms with Crippen LogP contribution in [0.25, 0.3) is 230 Å². The van der Waals surface area contributed by atoms with Crippen molar-refractivity contribution in [1.82, 2.24) is 39.9 Å². The minimum atomic E-state index is 0.897. The maximum absolute atomic E-state index is 5.53. The summed E-state index contributed by atoms with van der Waals surface area (Å²) in [6.45, 7) is 0. The minimum Gasteiger partial charge on any atom is -0.254 e. The summed E-state index contributed by atoms with van der Waals surface area (Å²) in [7, 11) is 0. The highest BCUT2D eigenvalue weighted by Gasteiger charge is 2.24. The third-order valence-electron chi connectivity index (χ3n) is 22.0. The van der Waals surface area contributed by atoms with Gasteiger partial charge in [-0.15, -0.1) is 0 Å². The van der Waals surface area contributed by atoms with Crippen molar-refractivity contribution in [3.05, 3.63) is 352 Å². The number of para-hydroxylation sites is 2. The third kappa shape index (κ3) is 9.64. The van der Waals surface area contributed by atoms with E-state index in [4.69, 9.17) is 34.9 Å². The number of hydrogen-bond donors (Lipinski definition) is 0. The van der Waals surface area contributed by atoms with E-state index < -0.39 is 0 Å². The number of pyridine rings is 8. The Bertz CT molecular complexity index is 7680. The first-order valence-corrected chi connectivity index (χ1v) is 36.5. The lowest BCUT2D eigenvalue weighted by molar-refractivity contribution is 1.37. The molecule has 498 valence electrons. The van der Waals surface area contributed by atoms with Gasteiger partial charge in [0.05, 0.1) is 66.6 Å². The molecular weight excluding hydrogens is 1310 g/mol. The molecule has 0 fully saturated rings. The zero-order valence-corrected chi connectivity index (χ0v) is 58.1. The molecule has 23 rings (SSSR count). The molecule has 23 aromatic rings. The van der Waals surface area contributed by atoms with E-state index in [1.165, 1.54) is 70.9 Å². The number of aromatic nitrogens is 8. The molecule has 0 N–H and O–H groups in total. The first-order valence-electron chi connectivity index (χ1n) is 36.5. The number of rotatable bonds is 6. The highest BCUT2D eigenvalue weighted by Crippen LogP contribution is 2.48. The van der Waals surface area contributed by atoms with E-state index in [0.717, 1.165) is 159 Å². The molecular formula is C100H58N8. The maximum Gasteiger partial charge on any atom is 0.0978 e. The molecule has 0 aliphatic rings. The second-order valence-electron chi connectivity index (χ2n) is 27.9. The molecule has 0 atom stereocenters. The lowest BCUT2D eigenvalue weighted by atomic mass is 9.85. The smallest absolute Gasteiger partial charge is 0.0978 e. The lowest BCUT2D eigenvalue weighted by Crippen LogP contribution is -1.95. The van der Waals surface area contributed by atoms with Crippen LogP contribution in [0.1, 0.15) is 0 Å². The van der Waals surface area contributed by atoms with Crippen molar-refractivity contribution < 1.29 is 0 Å². The summed E-state index contributed by atoms with van der Waals surface area (Å²) in [6, 6.07) is 117. The Morgan fingerprint density at radius 2 is 0.528 bits per heavy atom. The largest absolute Gasteiger partial charge is 0.254 e. The molecule has 15 aromatic carbocycles. The normalized spacial score (nSPS) is 11.9. The average molecular weight is 1370 g/mol. The van der Waals surface area contributed by atoms with Gasteiger partial charge in [-0.2, -0.15) is 0 Å². The molecule has 0 saturated carbocycles. The Kier molecular flexibility index (Phi) is 13.8. The van der Waals surface area contributed by atoms with Crippen molar-refractivity contribution in [2.45, 2.75) is 0 Å². The van der Waals surface area contributed by atoms with E-state index in [0.29, 0.717) is 0 Å². The van der Waals surface area contributed by atoms with E-state index in [9.17, 15) is 0 Å². The van der Waals surface area contributed by atoms with Gasteiger partial charge in [-0.1, -0.05) is 255 Å². The molecule has 0 aliphatic heterocycles. The van der Waals surface area contributed by atoms with Crippen molar-refractivity contribution >= 4 is 163 Å². The summed E-state index contributed by atoms with van der Waals surface area (Å²) in [5.41, 5.74) is 22.6. The summed E-state index contributed by atoms with van der Waals surface area (Å²) in [5.74, 6) is 0. The van der Waals surface area contributed by atoms with E-state index in [1.807, 2.05) is 49.1 Å². The second kappa shape index (κ2) is 24.5. The number of nitrogens with zero attached hydrogens (tertiary/aromatic N) is 8. The predicted molar refractivity (Wildman–Crippen MR) is 450 cm³/mol. The summed E-state index contributed by atoms with van der Waals surface area (Å²) in [4.78, 5) is 40.5. The van der Waals surface area contributed by atoms with Crippen LogP contribution >= 0.6 is 0 Å². The Labute approximate surface area is 618 Å². The Morgan fingerprint density at radius 1 is 0.157 bits per heavy atom. The number of fused-ring (bicyclic) bond motifs is 22. The Balaban J connectivity index is 0.000000134. The fourth-order valence-corrected chi connectivity index (χ4v) is 17.2. The van der Waals surface area contributed by atoms with Crippen LogP contribution in [-0.2, 0) is 0 Å². The molecule has 8 aromatic heterocycles. The van der Waals surface area contributed by atoms with Gasteiger partial charge in [-0.3, -0.25) is 19.9 Å². The SMILES string of the molecule is c1ccc(-c2c3ccccc3nc3c2ccc2ccc(-c4c5ccccc5c(-c5cc6cccnc6c6ncccc56)c5ccccc45)nc23)cc1.c1ccc(-c2c3ccccc3nc3c2ccc2ccc(-c4ccc5c6ccc(-c7cc8cccnc8c8ncccc78)cc6c6ccccc6c5c4)nc23)cc1. The Hall–Kier alpha value is -14.6. The van der Waals surface area contributed by atoms with Gasteiger partial charge >= 0.3 is 0 Å². The maximum atomic E-state index is 5.53. The zero-order valence-electron chi connectivity index (χ0n) is 58.1. The van der Waals surface area contributed by atoms with Crippen molar-refractivity contribution in [2.24, 2.45) is 0 Å². The van der Waals surface area contributed by atoms with Crippen LogP contribution in [0, 0.1) is 0 Å². The van der Waals surface area contributed by atoms with Crippen LogP contribution in [0.2, 0.25) is 0 Å². The molecule has 0 amide bonds. The Morgan fingerprint density at radius 3 is 1.06 bits per heavy atom. The standard InChI is InChI=1S/C52H30N4.C48H28N4/c1-2-10-31(11-3-1)48-41-15-6-7-17-47(41)56-52-42(48)24-18-32-21-25-46(55-50(32)52)34-20-23-39-38-22-19-33(28-44(38)36-13-4-5-14-37(36)45(39)29-34)43-30-35-12-8-26-53-49(35)51-40(43)16-9-27-54-51;1-2-12-29(13-3-1)42-37-19-8-9-21-40(37)51-48-38(42)24-22-30-23-25-41(52-46(30)48)44-34-17-6-4-15-32(34)43(33-16-5-7-18-35(33)44)39-28-31-14-10-26-49-45(31)47-36(39)20-11-27-50-47/h1-30H;1-28H. The van der Waals surface area contributed by atoms with Gasteiger partial charge in [0.15, 0.2) is 0 Å². The van der Waals surface area contributed by atoms with Crippen LogP contribution in [-0.4, -0.2) is 39.9 Å². The van der Waals surface area contributed by atoms with Gasteiger partial charge in [0, 0.05) is 101 Å². The molecule has 0 unspecified atom stereocenters. The van der Waals surface area contributed by atoms with E-state index >= 15 is 0 Å². The molecule has 8 nitrogen and oxygen atoms in total. The highest BCUT2D eigenvalue weighted by atomic mass is 14.8. The molecule has 8 heterocycles. The fourth-order valence-electron chi connectivity index (χ4n) is 17.2. The van der Waals surface area contributed by atoms with Crippen LogP contribution in [0.15, 0.2) is 352 Å². The molecule has 0 radical (unpaired) electrons. The van der Waals surface area contributed by atoms with Crippen molar-refractivity contribution in [3.8, 4) is 67.0 Å². The number of hydrogen-bond acceptors (Lipinski definition) is 8. The first kappa shape index (κ1) is 60.9. The minimum absolute atomic E-state index is 0.897.